The van der Waals surface area contributed by atoms with Crippen molar-refractivity contribution in [2.75, 3.05) is 13.6 Å². The molecule has 1 unspecified atom stereocenters. The lowest BCUT2D eigenvalue weighted by Gasteiger charge is -2.18. The van der Waals surface area contributed by atoms with Crippen LogP contribution in [0.4, 0.5) is 0 Å². The predicted molar refractivity (Wildman–Crippen MR) is 71.3 cm³/mol. The average Bonchev–Trinajstić information content (AvgIpc) is 3.05. The van der Waals surface area contributed by atoms with Crippen molar-refractivity contribution in [1.82, 2.24) is 10.2 Å². The van der Waals surface area contributed by atoms with E-state index in [-0.39, 0.29) is 5.91 Å². The van der Waals surface area contributed by atoms with Gasteiger partial charge < -0.3 is 10.2 Å². The Kier molecular flexibility index (Phi) is 4.18. The van der Waals surface area contributed by atoms with Crippen molar-refractivity contribution in [3.05, 3.63) is 22.4 Å². The first-order chi connectivity index (χ1) is 8.16. The molecule has 1 aliphatic rings. The minimum atomic E-state index is 0.213. The third-order valence-electron chi connectivity index (χ3n) is 3.21. The second-order valence-electron chi connectivity index (χ2n) is 4.85. The van der Waals surface area contributed by atoms with E-state index < -0.39 is 0 Å². The van der Waals surface area contributed by atoms with Gasteiger partial charge in [-0.3, -0.25) is 4.79 Å². The number of carbonyl (C=O) groups excluding carboxylic acids is 1. The molecule has 0 radical (unpaired) electrons. The summed E-state index contributed by atoms with van der Waals surface area (Å²) in [6.45, 7) is 2.58. The number of hydrogen-bond donors (Lipinski definition) is 1. The Morgan fingerprint density at radius 2 is 2.41 bits per heavy atom. The van der Waals surface area contributed by atoms with Crippen molar-refractivity contribution in [3.63, 3.8) is 0 Å². The molecule has 1 atom stereocenters. The summed E-state index contributed by atoms with van der Waals surface area (Å²) in [6.07, 6.45) is 3.34. The molecule has 1 aromatic heterocycles. The van der Waals surface area contributed by atoms with Gasteiger partial charge in [0, 0.05) is 19.1 Å². The van der Waals surface area contributed by atoms with Gasteiger partial charge in [-0.2, -0.15) is 11.3 Å². The van der Waals surface area contributed by atoms with Gasteiger partial charge in [0.05, 0.1) is 6.54 Å². The Morgan fingerprint density at radius 1 is 1.65 bits per heavy atom. The van der Waals surface area contributed by atoms with Crippen molar-refractivity contribution >= 4 is 17.2 Å². The van der Waals surface area contributed by atoms with Crippen LogP contribution in [-0.2, 0) is 11.2 Å². The Hall–Kier alpha value is -0.870. The Balaban J connectivity index is 1.68. The molecule has 0 bridgehead atoms. The molecule has 3 nitrogen and oxygen atoms in total. The second kappa shape index (κ2) is 5.65. The summed E-state index contributed by atoms with van der Waals surface area (Å²) in [6, 6.07) is 3.00. The molecule has 17 heavy (non-hydrogen) atoms. The fourth-order valence-corrected chi connectivity index (χ4v) is 2.57. The van der Waals surface area contributed by atoms with E-state index in [4.69, 9.17) is 0 Å². The van der Waals surface area contributed by atoms with E-state index in [9.17, 15) is 4.79 Å². The molecule has 1 amide bonds. The van der Waals surface area contributed by atoms with E-state index in [0.29, 0.717) is 18.6 Å². The lowest BCUT2D eigenvalue weighted by molar-refractivity contribution is -0.129. The predicted octanol–water partition coefficient (Wildman–Crippen LogP) is 1.89. The van der Waals surface area contributed by atoms with E-state index in [2.05, 4.69) is 29.1 Å². The topological polar surface area (TPSA) is 32.3 Å². The zero-order valence-electron chi connectivity index (χ0n) is 10.5. The van der Waals surface area contributed by atoms with Crippen molar-refractivity contribution in [2.45, 2.75) is 38.3 Å². The van der Waals surface area contributed by atoms with Crippen LogP contribution in [0.1, 0.15) is 25.3 Å². The molecular weight excluding hydrogens is 232 g/mol. The van der Waals surface area contributed by atoms with Crippen LogP contribution in [0.25, 0.3) is 0 Å². The van der Waals surface area contributed by atoms with E-state index in [1.54, 1.807) is 11.3 Å². The van der Waals surface area contributed by atoms with Gasteiger partial charge in [-0.15, -0.1) is 0 Å². The van der Waals surface area contributed by atoms with Gasteiger partial charge in [-0.05, 0) is 48.6 Å². The average molecular weight is 252 g/mol. The minimum absolute atomic E-state index is 0.213. The molecule has 0 spiro atoms. The van der Waals surface area contributed by atoms with Gasteiger partial charge in [-0.25, -0.2) is 0 Å². The number of hydrogen-bond acceptors (Lipinski definition) is 3. The zero-order chi connectivity index (χ0) is 12.3. The largest absolute Gasteiger partial charge is 0.342 e. The summed E-state index contributed by atoms with van der Waals surface area (Å²) in [5, 5.41) is 7.55. The van der Waals surface area contributed by atoms with Gasteiger partial charge in [0.25, 0.3) is 0 Å². The van der Waals surface area contributed by atoms with Crippen LogP contribution in [0, 0.1) is 0 Å². The third kappa shape index (κ3) is 3.82. The summed E-state index contributed by atoms with van der Waals surface area (Å²) in [5.41, 5.74) is 1.35. The van der Waals surface area contributed by atoms with E-state index in [1.807, 2.05) is 11.9 Å². The van der Waals surface area contributed by atoms with E-state index >= 15 is 0 Å². The second-order valence-corrected chi connectivity index (χ2v) is 5.63. The fourth-order valence-electron chi connectivity index (χ4n) is 1.89. The molecule has 1 saturated carbocycles. The van der Waals surface area contributed by atoms with E-state index in [0.717, 1.165) is 6.42 Å². The standard InChI is InChI=1S/C13H20N2OS/c1-10(7-11-5-6-17-9-11)14-8-13(16)15(2)12-3-4-12/h5-6,9-10,12,14H,3-4,7-8H2,1-2H3. The molecule has 0 saturated heterocycles. The number of carbonyl (C=O) groups is 1. The number of thiophene rings is 1. The van der Waals surface area contributed by atoms with Crippen molar-refractivity contribution in [2.24, 2.45) is 0 Å². The van der Waals surface area contributed by atoms with Crippen LogP contribution in [0.15, 0.2) is 16.8 Å². The highest BCUT2D eigenvalue weighted by Crippen LogP contribution is 2.25. The highest BCUT2D eigenvalue weighted by atomic mass is 32.1. The fraction of sp³-hybridized carbons (Fsp3) is 0.615. The summed E-state index contributed by atoms with van der Waals surface area (Å²) in [4.78, 5) is 13.7. The molecule has 1 heterocycles. The first kappa shape index (κ1) is 12.6. The SMILES string of the molecule is CC(Cc1ccsc1)NCC(=O)N(C)C1CC1. The van der Waals surface area contributed by atoms with Crippen LogP contribution in [-0.4, -0.2) is 36.5 Å². The van der Waals surface area contributed by atoms with Crippen molar-refractivity contribution < 1.29 is 4.79 Å². The number of nitrogens with one attached hydrogen (secondary N) is 1. The van der Waals surface area contributed by atoms with Crippen LogP contribution in [0.5, 0.6) is 0 Å². The number of nitrogens with zero attached hydrogens (tertiary/aromatic N) is 1. The number of amides is 1. The molecule has 0 aromatic carbocycles. The summed E-state index contributed by atoms with van der Waals surface area (Å²) in [5.74, 6) is 0.213. The maximum atomic E-state index is 11.8. The number of likely N-dealkylation sites (N-methyl/N-ethyl adjacent to an activating group) is 1. The highest BCUT2D eigenvalue weighted by molar-refractivity contribution is 7.07. The summed E-state index contributed by atoms with van der Waals surface area (Å²) < 4.78 is 0. The third-order valence-corrected chi connectivity index (χ3v) is 3.94. The summed E-state index contributed by atoms with van der Waals surface area (Å²) >= 11 is 1.72. The first-order valence-corrected chi connectivity index (χ1v) is 7.11. The van der Waals surface area contributed by atoms with Gasteiger partial charge in [0.2, 0.25) is 5.91 Å². The van der Waals surface area contributed by atoms with Crippen LogP contribution in [0.2, 0.25) is 0 Å². The molecule has 2 rings (SSSR count). The highest BCUT2D eigenvalue weighted by Gasteiger charge is 2.29. The minimum Gasteiger partial charge on any atom is -0.342 e. The Labute approximate surface area is 107 Å². The maximum Gasteiger partial charge on any atom is 0.236 e. The summed E-state index contributed by atoms with van der Waals surface area (Å²) in [7, 11) is 1.91. The van der Waals surface area contributed by atoms with Gasteiger partial charge in [0.1, 0.15) is 0 Å². The zero-order valence-corrected chi connectivity index (χ0v) is 11.3. The molecule has 4 heteroatoms. The molecule has 1 aromatic rings. The maximum absolute atomic E-state index is 11.8. The first-order valence-electron chi connectivity index (χ1n) is 6.17. The van der Waals surface area contributed by atoms with Gasteiger partial charge in [0.15, 0.2) is 0 Å². The van der Waals surface area contributed by atoms with Crippen LogP contribution < -0.4 is 5.32 Å². The van der Waals surface area contributed by atoms with Crippen molar-refractivity contribution in [3.8, 4) is 0 Å². The lowest BCUT2D eigenvalue weighted by Crippen LogP contribution is -2.40. The smallest absolute Gasteiger partial charge is 0.236 e. The molecule has 1 N–H and O–H groups in total. The van der Waals surface area contributed by atoms with Gasteiger partial charge in [-0.1, -0.05) is 0 Å². The molecular formula is C13H20N2OS. The van der Waals surface area contributed by atoms with Gasteiger partial charge >= 0.3 is 0 Å². The molecule has 1 fully saturated rings. The Morgan fingerprint density at radius 3 is 3.00 bits per heavy atom. The number of rotatable bonds is 6. The molecule has 1 aliphatic carbocycles. The van der Waals surface area contributed by atoms with Crippen molar-refractivity contribution in [1.29, 1.82) is 0 Å². The lowest BCUT2D eigenvalue weighted by atomic mass is 10.1. The van der Waals surface area contributed by atoms with E-state index in [1.165, 1.54) is 18.4 Å². The van der Waals surface area contributed by atoms with Crippen LogP contribution in [0.3, 0.4) is 0 Å². The molecule has 0 aliphatic heterocycles. The quantitative estimate of drug-likeness (QED) is 0.838. The molecule has 94 valence electrons. The normalized spacial score (nSPS) is 16.8. The van der Waals surface area contributed by atoms with Crippen LogP contribution >= 0.6 is 11.3 Å². The Bertz CT molecular complexity index is 360. The monoisotopic (exact) mass is 252 g/mol.